The van der Waals surface area contributed by atoms with Gasteiger partial charge in [-0.25, -0.2) is 0 Å². The second kappa shape index (κ2) is 8.92. The van der Waals surface area contributed by atoms with E-state index < -0.39 is 12.8 Å². The lowest BCUT2D eigenvalue weighted by molar-refractivity contribution is -0.153. The summed E-state index contributed by atoms with van der Waals surface area (Å²) in [7, 11) is 0. The monoisotopic (exact) mass is 344 g/mol. The Morgan fingerprint density at radius 3 is 2.75 bits per heavy atom. The number of benzene rings is 1. The molecule has 0 bridgehead atoms. The predicted octanol–water partition coefficient (Wildman–Crippen LogP) is 3.02. The Hall–Kier alpha value is -1.76. The number of nitrogens with one attached hydrogen (secondary N) is 2. The Labute approximate surface area is 139 Å². The average molecular weight is 344 g/mol. The molecule has 0 atom stereocenters. The van der Waals surface area contributed by atoms with Gasteiger partial charge in [-0.15, -0.1) is 0 Å². The van der Waals surface area contributed by atoms with Crippen LogP contribution in [0.25, 0.3) is 0 Å². The zero-order valence-corrected chi connectivity index (χ0v) is 13.5. The first-order valence-electron chi connectivity index (χ1n) is 8.18. The molecule has 2 rings (SSSR count). The fourth-order valence-electron chi connectivity index (χ4n) is 2.71. The van der Waals surface area contributed by atoms with Crippen molar-refractivity contribution in [3.63, 3.8) is 0 Å². The molecule has 1 amide bonds. The summed E-state index contributed by atoms with van der Waals surface area (Å²) in [4.78, 5) is 11.9. The van der Waals surface area contributed by atoms with E-state index in [2.05, 4.69) is 10.6 Å². The highest BCUT2D eigenvalue weighted by molar-refractivity contribution is 5.75. The Balaban J connectivity index is 1.71. The van der Waals surface area contributed by atoms with Gasteiger partial charge in [0.1, 0.15) is 5.75 Å². The van der Waals surface area contributed by atoms with Crippen LogP contribution in [-0.2, 0) is 11.3 Å². The van der Waals surface area contributed by atoms with Crippen LogP contribution in [0.4, 0.5) is 13.2 Å². The molecule has 134 valence electrons. The van der Waals surface area contributed by atoms with Crippen LogP contribution in [0.5, 0.6) is 5.75 Å². The number of halogens is 3. The molecule has 24 heavy (non-hydrogen) atoms. The maximum Gasteiger partial charge on any atom is 0.422 e. The highest BCUT2D eigenvalue weighted by atomic mass is 19.4. The number of hydrogen-bond donors (Lipinski definition) is 2. The van der Waals surface area contributed by atoms with Crippen LogP contribution in [-0.4, -0.2) is 31.8 Å². The normalized spacial score (nSPS) is 16.0. The molecular weight excluding hydrogens is 321 g/mol. The van der Waals surface area contributed by atoms with Crippen molar-refractivity contribution < 1.29 is 22.7 Å². The second-order valence-electron chi connectivity index (χ2n) is 6.06. The molecule has 0 spiro atoms. The van der Waals surface area contributed by atoms with Gasteiger partial charge in [-0.1, -0.05) is 12.1 Å². The van der Waals surface area contributed by atoms with Crippen LogP contribution in [0.1, 0.15) is 31.2 Å². The molecule has 1 aromatic rings. The van der Waals surface area contributed by atoms with Crippen LogP contribution in [0.3, 0.4) is 0 Å². The lowest BCUT2D eigenvalue weighted by atomic mass is 9.93. The van der Waals surface area contributed by atoms with Crippen LogP contribution >= 0.6 is 0 Å². The van der Waals surface area contributed by atoms with E-state index in [4.69, 9.17) is 4.74 Å². The molecule has 0 saturated carbocycles. The number of hydrogen-bond acceptors (Lipinski definition) is 3. The molecule has 0 aromatic heterocycles. The van der Waals surface area contributed by atoms with Crippen LogP contribution in [0.2, 0.25) is 0 Å². The highest BCUT2D eigenvalue weighted by Gasteiger charge is 2.28. The number of piperidine rings is 1. The van der Waals surface area contributed by atoms with Gasteiger partial charge in [-0.3, -0.25) is 4.79 Å². The molecule has 7 heteroatoms. The molecule has 1 aliphatic heterocycles. The maximum absolute atomic E-state index is 12.1. The van der Waals surface area contributed by atoms with Crippen LogP contribution < -0.4 is 15.4 Å². The van der Waals surface area contributed by atoms with E-state index in [0.29, 0.717) is 17.9 Å². The highest BCUT2D eigenvalue weighted by Crippen LogP contribution is 2.20. The summed E-state index contributed by atoms with van der Waals surface area (Å²) in [6.45, 7) is 0.987. The summed E-state index contributed by atoms with van der Waals surface area (Å²) < 4.78 is 41.1. The summed E-state index contributed by atoms with van der Waals surface area (Å²) >= 11 is 0. The Bertz CT molecular complexity index is 529. The van der Waals surface area contributed by atoms with E-state index in [0.717, 1.165) is 32.4 Å². The average Bonchev–Trinajstić information content (AvgIpc) is 2.57. The zero-order chi connectivity index (χ0) is 17.4. The first-order valence-corrected chi connectivity index (χ1v) is 8.18. The van der Waals surface area contributed by atoms with E-state index in [1.165, 1.54) is 12.1 Å². The van der Waals surface area contributed by atoms with Gasteiger partial charge < -0.3 is 15.4 Å². The minimum atomic E-state index is -4.36. The quantitative estimate of drug-likeness (QED) is 0.799. The van der Waals surface area contributed by atoms with E-state index >= 15 is 0 Å². The van der Waals surface area contributed by atoms with Gasteiger partial charge in [0.25, 0.3) is 0 Å². The van der Waals surface area contributed by atoms with Crippen molar-refractivity contribution in [1.82, 2.24) is 10.6 Å². The van der Waals surface area contributed by atoms with Crippen LogP contribution in [0.15, 0.2) is 24.3 Å². The third-order valence-electron chi connectivity index (χ3n) is 4.03. The van der Waals surface area contributed by atoms with Crippen molar-refractivity contribution >= 4 is 5.91 Å². The molecule has 2 N–H and O–H groups in total. The number of rotatable bonds is 7. The first kappa shape index (κ1) is 18.6. The molecule has 1 aromatic carbocycles. The van der Waals surface area contributed by atoms with E-state index in [1.54, 1.807) is 12.1 Å². The standard InChI is InChI=1S/C17H23F3N2O2/c18-17(19,20)12-24-15-3-1-2-14(10-15)11-22-16(23)5-4-13-6-8-21-9-7-13/h1-3,10,13,21H,4-9,11-12H2,(H,22,23). The molecule has 1 fully saturated rings. The van der Waals surface area contributed by atoms with Gasteiger partial charge in [0.2, 0.25) is 5.91 Å². The minimum Gasteiger partial charge on any atom is -0.484 e. The van der Waals surface area contributed by atoms with Gasteiger partial charge in [0.05, 0.1) is 0 Å². The molecule has 0 aliphatic carbocycles. The van der Waals surface area contributed by atoms with Gasteiger partial charge in [0.15, 0.2) is 6.61 Å². The number of carbonyl (C=O) groups is 1. The summed E-state index contributed by atoms with van der Waals surface area (Å²) in [6.07, 6.45) is -0.798. The van der Waals surface area contributed by atoms with E-state index in [-0.39, 0.29) is 18.2 Å². The van der Waals surface area contributed by atoms with Gasteiger partial charge in [0, 0.05) is 13.0 Å². The molecule has 4 nitrogen and oxygen atoms in total. The Kier molecular flexibility index (Phi) is 6.90. The Morgan fingerprint density at radius 1 is 1.29 bits per heavy atom. The van der Waals surface area contributed by atoms with Gasteiger partial charge in [-0.05, 0) is 56.0 Å². The van der Waals surface area contributed by atoms with Crippen molar-refractivity contribution in [3.8, 4) is 5.75 Å². The smallest absolute Gasteiger partial charge is 0.422 e. The van der Waals surface area contributed by atoms with Crippen molar-refractivity contribution in [2.24, 2.45) is 5.92 Å². The summed E-state index contributed by atoms with van der Waals surface area (Å²) in [5.74, 6) is 0.708. The predicted molar refractivity (Wildman–Crippen MR) is 84.7 cm³/mol. The maximum atomic E-state index is 12.1. The van der Waals surface area contributed by atoms with Crippen molar-refractivity contribution in [2.75, 3.05) is 19.7 Å². The van der Waals surface area contributed by atoms with Crippen molar-refractivity contribution in [3.05, 3.63) is 29.8 Å². The first-order chi connectivity index (χ1) is 11.4. The number of alkyl halides is 3. The largest absolute Gasteiger partial charge is 0.484 e. The van der Waals surface area contributed by atoms with Crippen molar-refractivity contribution in [1.29, 1.82) is 0 Å². The number of amides is 1. The molecule has 0 unspecified atom stereocenters. The third-order valence-corrected chi connectivity index (χ3v) is 4.03. The number of ether oxygens (including phenoxy) is 1. The summed E-state index contributed by atoms with van der Waals surface area (Å²) in [5.41, 5.74) is 0.713. The molecule has 1 aliphatic rings. The third kappa shape index (κ3) is 7.21. The molecule has 1 saturated heterocycles. The zero-order valence-electron chi connectivity index (χ0n) is 13.5. The molecular formula is C17H23F3N2O2. The Morgan fingerprint density at radius 2 is 2.04 bits per heavy atom. The lowest BCUT2D eigenvalue weighted by Crippen LogP contribution is -2.29. The topological polar surface area (TPSA) is 50.4 Å². The SMILES string of the molecule is O=C(CCC1CCNCC1)NCc1cccc(OCC(F)(F)F)c1. The van der Waals surface area contributed by atoms with E-state index in [1.807, 2.05) is 0 Å². The van der Waals surface area contributed by atoms with E-state index in [9.17, 15) is 18.0 Å². The summed E-state index contributed by atoms with van der Waals surface area (Å²) in [5, 5.41) is 6.10. The summed E-state index contributed by atoms with van der Waals surface area (Å²) in [6, 6.07) is 6.34. The van der Waals surface area contributed by atoms with Gasteiger partial charge >= 0.3 is 6.18 Å². The number of carbonyl (C=O) groups excluding carboxylic acids is 1. The van der Waals surface area contributed by atoms with Crippen molar-refractivity contribution in [2.45, 2.75) is 38.4 Å². The fourth-order valence-corrected chi connectivity index (χ4v) is 2.71. The molecule has 0 radical (unpaired) electrons. The molecule has 1 heterocycles. The fraction of sp³-hybridized carbons (Fsp3) is 0.588. The lowest BCUT2D eigenvalue weighted by Gasteiger charge is -2.22. The van der Waals surface area contributed by atoms with Crippen LogP contribution in [0, 0.1) is 5.92 Å². The minimum absolute atomic E-state index is 0.0323. The van der Waals surface area contributed by atoms with Gasteiger partial charge in [-0.2, -0.15) is 13.2 Å². The second-order valence-corrected chi connectivity index (χ2v) is 6.06.